The molecule has 2 aromatic carbocycles. The summed E-state index contributed by atoms with van der Waals surface area (Å²) in [5.74, 6) is 1.71. The summed E-state index contributed by atoms with van der Waals surface area (Å²) in [6, 6.07) is 15.6. The van der Waals surface area contributed by atoms with Gasteiger partial charge in [0.15, 0.2) is 5.82 Å². The Morgan fingerprint density at radius 2 is 1.88 bits per heavy atom. The average molecular weight is 486 g/mol. The van der Waals surface area contributed by atoms with Gasteiger partial charge >= 0.3 is 0 Å². The van der Waals surface area contributed by atoms with Crippen LogP contribution in [0.15, 0.2) is 53.7 Å². The highest BCUT2D eigenvalue weighted by atomic mass is 35.5. The van der Waals surface area contributed by atoms with E-state index >= 15 is 0 Å². The number of benzene rings is 2. The number of carbonyl (C=O) groups excluding carboxylic acids is 1. The van der Waals surface area contributed by atoms with Crippen molar-refractivity contribution < 1.29 is 9.53 Å². The molecule has 2 heterocycles. The first-order valence-corrected chi connectivity index (χ1v) is 12.4. The van der Waals surface area contributed by atoms with Crippen LogP contribution in [0.2, 0.25) is 5.02 Å². The Morgan fingerprint density at radius 3 is 2.58 bits per heavy atom. The van der Waals surface area contributed by atoms with Gasteiger partial charge in [0, 0.05) is 17.1 Å². The van der Waals surface area contributed by atoms with E-state index in [1.165, 1.54) is 36.6 Å². The highest BCUT2D eigenvalue weighted by Gasteiger charge is 2.23. The lowest BCUT2D eigenvalue weighted by Crippen LogP contribution is -2.41. The average Bonchev–Trinajstić information content (AvgIpc) is 3.33. The topological polar surface area (TPSA) is 83.1 Å². The molecule has 9 heteroatoms. The third-order valence-electron chi connectivity index (χ3n) is 5.74. The van der Waals surface area contributed by atoms with Gasteiger partial charge in [0.25, 0.3) is 0 Å². The van der Waals surface area contributed by atoms with Gasteiger partial charge in [-0.1, -0.05) is 41.9 Å². The fraction of sp³-hybridized carbons (Fsp3) is 0.375. The number of hydrogen-bond acceptors (Lipinski definition) is 6. The molecule has 1 amide bonds. The number of H-pyrrole nitrogens is 1. The van der Waals surface area contributed by atoms with Gasteiger partial charge in [-0.2, -0.15) is 0 Å². The van der Waals surface area contributed by atoms with Crippen molar-refractivity contribution in [2.75, 3.05) is 32.5 Å². The molecule has 0 radical (unpaired) electrons. The number of thioether (sulfide) groups is 1. The Labute approximate surface area is 203 Å². The fourth-order valence-electron chi connectivity index (χ4n) is 3.95. The van der Waals surface area contributed by atoms with Crippen LogP contribution in [0.5, 0.6) is 5.75 Å². The van der Waals surface area contributed by atoms with Crippen molar-refractivity contribution in [1.29, 1.82) is 0 Å². The molecule has 3 aromatic rings. The minimum Gasteiger partial charge on any atom is -0.497 e. The lowest BCUT2D eigenvalue weighted by molar-refractivity contribution is -0.118. The van der Waals surface area contributed by atoms with Crippen LogP contribution in [0.3, 0.4) is 0 Å². The van der Waals surface area contributed by atoms with Crippen LogP contribution in [0.1, 0.15) is 30.9 Å². The predicted octanol–water partition coefficient (Wildman–Crippen LogP) is 4.57. The minimum atomic E-state index is -0.0339. The zero-order valence-corrected chi connectivity index (χ0v) is 20.2. The number of likely N-dealkylation sites (tertiary alicyclic amines) is 1. The Morgan fingerprint density at radius 1 is 1.15 bits per heavy atom. The quantitative estimate of drug-likeness (QED) is 0.432. The number of aromatic nitrogens is 3. The van der Waals surface area contributed by atoms with Crippen molar-refractivity contribution in [3.05, 3.63) is 59.1 Å². The molecule has 1 aliphatic heterocycles. The summed E-state index contributed by atoms with van der Waals surface area (Å²) in [5, 5.41) is 11.4. The second kappa shape index (κ2) is 11.5. The van der Waals surface area contributed by atoms with E-state index in [2.05, 4.69) is 37.5 Å². The highest BCUT2D eigenvalue weighted by Crippen LogP contribution is 2.26. The lowest BCUT2D eigenvalue weighted by Gasteiger charge is -2.35. The molecule has 33 heavy (non-hydrogen) atoms. The van der Waals surface area contributed by atoms with Crippen LogP contribution in [-0.4, -0.2) is 58.5 Å². The van der Waals surface area contributed by atoms with E-state index in [1.807, 2.05) is 24.3 Å². The third kappa shape index (κ3) is 6.50. The SMILES string of the molecule is COc1ccc(C(CNC(=O)CSc2n[nH]c(-c3ccc(Cl)cc3)n2)N2CCCCC2)cc1. The molecular weight excluding hydrogens is 458 g/mol. The van der Waals surface area contributed by atoms with Crippen LogP contribution < -0.4 is 10.1 Å². The second-order valence-electron chi connectivity index (χ2n) is 7.95. The van der Waals surface area contributed by atoms with E-state index in [-0.39, 0.29) is 17.7 Å². The summed E-state index contributed by atoms with van der Waals surface area (Å²) < 4.78 is 5.30. The number of carbonyl (C=O) groups is 1. The van der Waals surface area contributed by atoms with E-state index in [0.717, 1.165) is 24.4 Å². The number of ether oxygens (including phenoxy) is 1. The molecule has 1 saturated heterocycles. The molecule has 0 saturated carbocycles. The van der Waals surface area contributed by atoms with Gasteiger partial charge in [-0.05, 0) is 67.9 Å². The molecule has 174 valence electrons. The number of hydrogen-bond donors (Lipinski definition) is 2. The molecule has 1 atom stereocenters. The number of piperidine rings is 1. The summed E-state index contributed by atoms with van der Waals surface area (Å²) in [7, 11) is 1.67. The molecule has 4 rings (SSSR count). The first kappa shape index (κ1) is 23.6. The summed E-state index contributed by atoms with van der Waals surface area (Å²) in [4.78, 5) is 19.5. The van der Waals surface area contributed by atoms with Crippen molar-refractivity contribution in [3.8, 4) is 17.1 Å². The molecule has 1 aromatic heterocycles. The van der Waals surface area contributed by atoms with E-state index in [0.29, 0.717) is 22.5 Å². The Hall–Kier alpha value is -2.55. The Balaban J connectivity index is 1.33. The number of nitrogens with one attached hydrogen (secondary N) is 2. The van der Waals surface area contributed by atoms with Crippen molar-refractivity contribution in [2.45, 2.75) is 30.5 Å². The van der Waals surface area contributed by atoms with Crippen molar-refractivity contribution in [1.82, 2.24) is 25.4 Å². The molecule has 1 fully saturated rings. The van der Waals surface area contributed by atoms with Crippen LogP contribution >= 0.6 is 23.4 Å². The Kier molecular flexibility index (Phi) is 8.25. The molecular formula is C24H28ClN5O2S. The monoisotopic (exact) mass is 485 g/mol. The van der Waals surface area contributed by atoms with Crippen LogP contribution in [0.4, 0.5) is 0 Å². The van der Waals surface area contributed by atoms with Gasteiger partial charge in [-0.25, -0.2) is 4.98 Å². The number of aromatic amines is 1. The third-order valence-corrected chi connectivity index (χ3v) is 6.84. The molecule has 7 nitrogen and oxygen atoms in total. The fourth-order valence-corrected chi connectivity index (χ4v) is 4.71. The van der Waals surface area contributed by atoms with Gasteiger partial charge in [0.2, 0.25) is 11.1 Å². The summed E-state index contributed by atoms with van der Waals surface area (Å²) in [5.41, 5.74) is 2.08. The predicted molar refractivity (Wildman–Crippen MR) is 132 cm³/mol. The number of amides is 1. The molecule has 1 unspecified atom stereocenters. The molecule has 2 N–H and O–H groups in total. The maximum absolute atomic E-state index is 12.6. The number of methoxy groups -OCH3 is 1. The van der Waals surface area contributed by atoms with Gasteiger partial charge < -0.3 is 10.1 Å². The Bertz CT molecular complexity index is 1040. The normalized spacial score (nSPS) is 15.2. The smallest absolute Gasteiger partial charge is 0.230 e. The lowest BCUT2D eigenvalue weighted by atomic mass is 10.0. The van der Waals surface area contributed by atoms with Crippen LogP contribution in [0, 0.1) is 0 Å². The van der Waals surface area contributed by atoms with Crippen LogP contribution in [-0.2, 0) is 4.79 Å². The van der Waals surface area contributed by atoms with Gasteiger partial charge in [-0.3, -0.25) is 14.8 Å². The zero-order chi connectivity index (χ0) is 23.0. The zero-order valence-electron chi connectivity index (χ0n) is 18.6. The first-order valence-electron chi connectivity index (χ1n) is 11.1. The number of nitrogens with zero attached hydrogens (tertiary/aromatic N) is 3. The van der Waals surface area contributed by atoms with E-state index in [4.69, 9.17) is 16.3 Å². The number of rotatable bonds is 9. The maximum Gasteiger partial charge on any atom is 0.230 e. The van der Waals surface area contributed by atoms with E-state index < -0.39 is 0 Å². The van der Waals surface area contributed by atoms with Crippen LogP contribution in [0.25, 0.3) is 11.4 Å². The second-order valence-corrected chi connectivity index (χ2v) is 9.33. The van der Waals surface area contributed by atoms with E-state index in [9.17, 15) is 4.79 Å². The summed E-state index contributed by atoms with van der Waals surface area (Å²) in [6.45, 7) is 2.66. The van der Waals surface area contributed by atoms with Gasteiger partial charge in [0.1, 0.15) is 5.75 Å². The summed E-state index contributed by atoms with van der Waals surface area (Å²) in [6.07, 6.45) is 3.65. The summed E-state index contributed by atoms with van der Waals surface area (Å²) >= 11 is 7.25. The van der Waals surface area contributed by atoms with Gasteiger partial charge in [-0.15, -0.1) is 5.10 Å². The first-order chi connectivity index (χ1) is 16.1. The van der Waals surface area contributed by atoms with E-state index in [1.54, 1.807) is 19.2 Å². The van der Waals surface area contributed by atoms with Crippen molar-refractivity contribution >= 4 is 29.3 Å². The molecule has 0 aliphatic carbocycles. The maximum atomic E-state index is 12.6. The standard InChI is InChI=1S/C24H28ClN5O2S/c1-32-20-11-7-17(8-12-20)21(30-13-3-2-4-14-30)15-26-22(31)16-33-24-27-23(28-29-24)18-5-9-19(25)10-6-18/h5-12,21H,2-4,13-16H2,1H3,(H,26,31)(H,27,28,29). The minimum absolute atomic E-state index is 0.0339. The number of halogens is 1. The van der Waals surface area contributed by atoms with Crippen molar-refractivity contribution in [3.63, 3.8) is 0 Å². The highest BCUT2D eigenvalue weighted by molar-refractivity contribution is 7.99. The molecule has 0 bridgehead atoms. The molecule has 0 spiro atoms. The van der Waals surface area contributed by atoms with Crippen molar-refractivity contribution in [2.24, 2.45) is 0 Å². The largest absolute Gasteiger partial charge is 0.497 e. The molecule has 1 aliphatic rings. The van der Waals surface area contributed by atoms with Gasteiger partial charge in [0.05, 0.1) is 18.9 Å².